The first-order valence-corrected chi connectivity index (χ1v) is 9.57. The van der Waals surface area contributed by atoms with Crippen molar-refractivity contribution >= 4 is 0 Å². The van der Waals surface area contributed by atoms with Crippen molar-refractivity contribution in [3.63, 3.8) is 0 Å². The Morgan fingerprint density at radius 1 is 0.714 bits per heavy atom. The fraction of sp³-hybridized carbons (Fsp3) is 0.900. The zero-order chi connectivity index (χ0) is 15.6. The maximum absolute atomic E-state index is 5.32. The lowest BCUT2D eigenvalue weighted by Crippen LogP contribution is -2.02. The van der Waals surface area contributed by atoms with Crippen molar-refractivity contribution in [1.82, 2.24) is 0 Å². The Morgan fingerprint density at radius 3 is 1.48 bits per heavy atom. The van der Waals surface area contributed by atoms with E-state index in [0.717, 1.165) is 0 Å². The van der Waals surface area contributed by atoms with Gasteiger partial charge in [0.15, 0.2) is 0 Å². The molecule has 0 saturated carbocycles. The fourth-order valence-electron chi connectivity index (χ4n) is 2.86. The molecule has 1 atom stereocenters. The minimum absolute atomic E-state index is 0.347. The van der Waals surface area contributed by atoms with Crippen LogP contribution in [0.4, 0.5) is 0 Å². The molecular weight excluding hydrogens is 256 g/mol. The van der Waals surface area contributed by atoms with Gasteiger partial charge in [-0.05, 0) is 19.8 Å². The van der Waals surface area contributed by atoms with Crippen LogP contribution in [-0.4, -0.2) is 6.10 Å². The van der Waals surface area contributed by atoms with Crippen molar-refractivity contribution in [3.05, 3.63) is 12.8 Å². The molecule has 0 spiro atoms. The van der Waals surface area contributed by atoms with E-state index in [4.69, 9.17) is 4.74 Å². The van der Waals surface area contributed by atoms with Crippen molar-refractivity contribution in [2.24, 2.45) is 0 Å². The zero-order valence-corrected chi connectivity index (χ0v) is 14.9. The Morgan fingerprint density at radius 2 is 1.10 bits per heavy atom. The smallest absolute Gasteiger partial charge is 0.0950 e. The lowest BCUT2D eigenvalue weighted by Gasteiger charge is -2.10. The van der Waals surface area contributed by atoms with Crippen LogP contribution < -0.4 is 0 Å². The molecule has 0 aromatic rings. The van der Waals surface area contributed by atoms with E-state index in [1.54, 1.807) is 6.26 Å². The van der Waals surface area contributed by atoms with E-state index in [9.17, 15) is 0 Å². The maximum Gasteiger partial charge on any atom is 0.0950 e. The highest BCUT2D eigenvalue weighted by Gasteiger charge is 1.99. The van der Waals surface area contributed by atoms with Crippen LogP contribution in [0.3, 0.4) is 0 Å². The van der Waals surface area contributed by atoms with Gasteiger partial charge in [-0.3, -0.25) is 0 Å². The third kappa shape index (κ3) is 17.5. The zero-order valence-electron chi connectivity index (χ0n) is 14.9. The summed E-state index contributed by atoms with van der Waals surface area (Å²) in [7, 11) is 0. The van der Waals surface area contributed by atoms with Gasteiger partial charge in [0.05, 0.1) is 12.4 Å². The largest absolute Gasteiger partial charge is 0.499 e. The van der Waals surface area contributed by atoms with Crippen molar-refractivity contribution in [1.29, 1.82) is 0 Å². The van der Waals surface area contributed by atoms with Gasteiger partial charge in [-0.2, -0.15) is 0 Å². The first kappa shape index (κ1) is 20.5. The topological polar surface area (TPSA) is 9.23 Å². The number of rotatable bonds is 17. The second kappa shape index (κ2) is 17.6. The normalized spacial score (nSPS) is 12.3. The first-order valence-electron chi connectivity index (χ1n) is 9.57. The molecule has 126 valence electrons. The van der Waals surface area contributed by atoms with Gasteiger partial charge >= 0.3 is 0 Å². The molecule has 1 heteroatoms. The SMILES string of the molecule is C=COC(C)CCCCCCCCCCCCCCCC. The van der Waals surface area contributed by atoms with Gasteiger partial charge in [0.2, 0.25) is 0 Å². The van der Waals surface area contributed by atoms with Gasteiger partial charge < -0.3 is 4.74 Å². The second-order valence-electron chi connectivity index (χ2n) is 6.50. The van der Waals surface area contributed by atoms with E-state index in [1.807, 2.05) is 0 Å². The van der Waals surface area contributed by atoms with Crippen LogP contribution in [0, 0.1) is 0 Å². The molecule has 1 nitrogen and oxygen atoms in total. The molecule has 0 aromatic heterocycles. The predicted molar refractivity (Wildman–Crippen MR) is 95.7 cm³/mol. The summed E-state index contributed by atoms with van der Waals surface area (Å²) in [6.45, 7) is 8.01. The highest BCUT2D eigenvalue weighted by Crippen LogP contribution is 2.14. The Kier molecular flexibility index (Phi) is 17.2. The molecular formula is C20H40O. The minimum Gasteiger partial charge on any atom is -0.499 e. The Labute approximate surface area is 134 Å². The second-order valence-corrected chi connectivity index (χ2v) is 6.50. The molecule has 0 aromatic carbocycles. The summed E-state index contributed by atoms with van der Waals surface area (Å²) < 4.78 is 5.32. The van der Waals surface area contributed by atoms with Crippen molar-refractivity contribution in [3.8, 4) is 0 Å². The summed E-state index contributed by atoms with van der Waals surface area (Å²) in [6.07, 6.45) is 23.0. The Hall–Kier alpha value is -0.460. The average molecular weight is 297 g/mol. The summed E-state index contributed by atoms with van der Waals surface area (Å²) in [4.78, 5) is 0. The Balaban J connectivity index is 3.01. The van der Waals surface area contributed by atoms with Crippen LogP contribution >= 0.6 is 0 Å². The minimum atomic E-state index is 0.347. The van der Waals surface area contributed by atoms with Gasteiger partial charge in [0.1, 0.15) is 0 Å². The van der Waals surface area contributed by atoms with E-state index in [2.05, 4.69) is 20.4 Å². The summed E-state index contributed by atoms with van der Waals surface area (Å²) in [5.74, 6) is 0. The molecule has 0 aliphatic heterocycles. The summed E-state index contributed by atoms with van der Waals surface area (Å²) in [5.41, 5.74) is 0. The third-order valence-corrected chi connectivity index (χ3v) is 4.29. The van der Waals surface area contributed by atoms with Gasteiger partial charge in [0, 0.05) is 0 Å². The Bertz CT molecular complexity index is 200. The van der Waals surface area contributed by atoms with Gasteiger partial charge in [-0.1, -0.05) is 97.0 Å². The first-order chi connectivity index (χ1) is 10.3. The van der Waals surface area contributed by atoms with Gasteiger partial charge in [-0.15, -0.1) is 0 Å². The number of ether oxygens (including phenoxy) is 1. The molecule has 1 unspecified atom stereocenters. The molecule has 21 heavy (non-hydrogen) atoms. The van der Waals surface area contributed by atoms with E-state index < -0.39 is 0 Å². The summed E-state index contributed by atoms with van der Waals surface area (Å²) >= 11 is 0. The van der Waals surface area contributed by atoms with Crippen LogP contribution in [0.5, 0.6) is 0 Å². The lowest BCUT2D eigenvalue weighted by molar-refractivity contribution is 0.150. The van der Waals surface area contributed by atoms with E-state index >= 15 is 0 Å². The van der Waals surface area contributed by atoms with Crippen LogP contribution in [0.25, 0.3) is 0 Å². The van der Waals surface area contributed by atoms with Gasteiger partial charge in [-0.25, -0.2) is 0 Å². The van der Waals surface area contributed by atoms with Crippen molar-refractivity contribution in [2.45, 2.75) is 116 Å². The van der Waals surface area contributed by atoms with Crippen LogP contribution in [0.1, 0.15) is 110 Å². The standard InChI is InChI=1S/C20H40O/c1-4-6-7-8-9-10-11-12-13-14-15-16-17-18-19-20(3)21-5-2/h5,20H,2,4,6-19H2,1,3H3. The molecule has 0 N–H and O–H groups in total. The molecule has 0 amide bonds. The number of hydrogen-bond donors (Lipinski definition) is 0. The average Bonchev–Trinajstić information content (AvgIpc) is 2.48. The monoisotopic (exact) mass is 296 g/mol. The molecule has 0 aliphatic rings. The molecule has 0 aliphatic carbocycles. The predicted octanol–water partition coefficient (Wildman–Crippen LogP) is 7.41. The molecule has 0 radical (unpaired) electrons. The highest BCUT2D eigenvalue weighted by atomic mass is 16.5. The lowest BCUT2D eigenvalue weighted by atomic mass is 10.0. The van der Waals surface area contributed by atoms with Gasteiger partial charge in [0.25, 0.3) is 0 Å². The molecule has 0 heterocycles. The van der Waals surface area contributed by atoms with E-state index in [0.29, 0.717) is 6.10 Å². The van der Waals surface area contributed by atoms with E-state index in [1.165, 1.54) is 96.3 Å². The van der Waals surface area contributed by atoms with Crippen molar-refractivity contribution in [2.75, 3.05) is 0 Å². The highest BCUT2D eigenvalue weighted by molar-refractivity contribution is 4.58. The van der Waals surface area contributed by atoms with Crippen LogP contribution in [0.15, 0.2) is 12.8 Å². The van der Waals surface area contributed by atoms with Crippen LogP contribution in [0.2, 0.25) is 0 Å². The van der Waals surface area contributed by atoms with Crippen molar-refractivity contribution < 1.29 is 4.74 Å². The molecule has 0 rings (SSSR count). The quantitative estimate of drug-likeness (QED) is 0.200. The van der Waals surface area contributed by atoms with Crippen LogP contribution in [-0.2, 0) is 4.74 Å². The number of unbranched alkanes of at least 4 members (excludes halogenated alkanes) is 13. The summed E-state index contributed by atoms with van der Waals surface area (Å²) in [6, 6.07) is 0. The summed E-state index contributed by atoms with van der Waals surface area (Å²) in [5, 5.41) is 0. The number of hydrogen-bond acceptors (Lipinski definition) is 1. The third-order valence-electron chi connectivity index (χ3n) is 4.29. The molecule has 0 fully saturated rings. The fourth-order valence-corrected chi connectivity index (χ4v) is 2.86. The molecule has 0 saturated heterocycles. The maximum atomic E-state index is 5.32. The van der Waals surface area contributed by atoms with E-state index in [-0.39, 0.29) is 0 Å². The molecule has 0 bridgehead atoms.